The lowest BCUT2D eigenvalue weighted by molar-refractivity contribution is 0.448. The van der Waals surface area contributed by atoms with Crippen molar-refractivity contribution in [3.63, 3.8) is 0 Å². The Labute approximate surface area is 130 Å². The molecule has 22 heavy (non-hydrogen) atoms. The van der Waals surface area contributed by atoms with Crippen LogP contribution in [0.1, 0.15) is 24.5 Å². The van der Waals surface area contributed by atoms with E-state index >= 15 is 0 Å². The molecular weight excluding hydrogens is 298 g/mol. The fourth-order valence-corrected chi connectivity index (χ4v) is 3.61. The molecule has 0 saturated carbocycles. The van der Waals surface area contributed by atoms with E-state index in [9.17, 15) is 8.42 Å². The number of benzene rings is 1. The summed E-state index contributed by atoms with van der Waals surface area (Å²) >= 11 is 0. The summed E-state index contributed by atoms with van der Waals surface area (Å²) in [7, 11) is -3.33. The first-order chi connectivity index (χ1) is 10.6. The van der Waals surface area contributed by atoms with Gasteiger partial charge in [-0.25, -0.2) is 18.4 Å². The van der Waals surface area contributed by atoms with Gasteiger partial charge in [0.15, 0.2) is 15.7 Å². The maximum absolute atomic E-state index is 12.0. The predicted octanol–water partition coefficient (Wildman–Crippen LogP) is 2.01. The lowest BCUT2D eigenvalue weighted by Crippen LogP contribution is -2.30. The zero-order valence-electron chi connectivity index (χ0n) is 12.5. The van der Waals surface area contributed by atoms with Crippen LogP contribution in [0.15, 0.2) is 41.4 Å². The molecule has 5 nitrogen and oxygen atoms in total. The average molecular weight is 317 g/mol. The first-order valence-corrected chi connectivity index (χ1v) is 9.28. The van der Waals surface area contributed by atoms with Gasteiger partial charge in [0.05, 0.1) is 5.69 Å². The molecule has 1 aromatic carbocycles. The van der Waals surface area contributed by atoms with Crippen LogP contribution >= 0.6 is 0 Å². The maximum Gasteiger partial charge on any atom is 0.178 e. The highest BCUT2D eigenvalue weighted by molar-refractivity contribution is 7.90. The minimum atomic E-state index is -3.33. The minimum Gasteiger partial charge on any atom is -0.316 e. The number of aromatic nitrogens is 2. The molecule has 6 heteroatoms. The zero-order valence-corrected chi connectivity index (χ0v) is 13.3. The van der Waals surface area contributed by atoms with Gasteiger partial charge in [0, 0.05) is 30.5 Å². The van der Waals surface area contributed by atoms with Gasteiger partial charge in [-0.15, -0.1) is 0 Å². The van der Waals surface area contributed by atoms with Gasteiger partial charge < -0.3 is 5.32 Å². The quantitative estimate of drug-likeness (QED) is 0.937. The first-order valence-electron chi connectivity index (χ1n) is 7.39. The fraction of sp³-hybridized carbons (Fsp3) is 0.375. The van der Waals surface area contributed by atoms with E-state index in [1.54, 1.807) is 0 Å². The molecule has 0 radical (unpaired) electrons. The third-order valence-corrected chi connectivity index (χ3v) is 5.01. The Morgan fingerprint density at radius 2 is 2.00 bits per heavy atom. The van der Waals surface area contributed by atoms with Gasteiger partial charge in [-0.2, -0.15) is 0 Å². The Kier molecular flexibility index (Phi) is 4.22. The molecule has 1 N–H and O–H groups in total. The number of hydrogen-bond acceptors (Lipinski definition) is 5. The molecule has 0 spiro atoms. The number of hydrogen-bond donors (Lipinski definition) is 1. The van der Waals surface area contributed by atoms with Crippen LogP contribution in [0, 0.1) is 0 Å². The van der Waals surface area contributed by atoms with Crippen LogP contribution in [-0.2, 0) is 9.84 Å². The van der Waals surface area contributed by atoms with Gasteiger partial charge in [-0.05, 0) is 19.4 Å². The van der Waals surface area contributed by atoms with Crippen LogP contribution in [0.25, 0.3) is 11.4 Å². The molecule has 1 saturated heterocycles. The topological polar surface area (TPSA) is 72.0 Å². The summed E-state index contributed by atoms with van der Waals surface area (Å²) in [6.45, 7) is 1.73. The van der Waals surface area contributed by atoms with Gasteiger partial charge in [0.25, 0.3) is 0 Å². The molecule has 2 aromatic rings. The van der Waals surface area contributed by atoms with Crippen LogP contribution in [0.3, 0.4) is 0 Å². The van der Waals surface area contributed by atoms with Crippen molar-refractivity contribution in [2.45, 2.75) is 23.7 Å². The van der Waals surface area contributed by atoms with Crippen molar-refractivity contribution in [1.29, 1.82) is 0 Å². The van der Waals surface area contributed by atoms with E-state index in [2.05, 4.69) is 15.3 Å². The molecule has 1 aromatic heterocycles. The van der Waals surface area contributed by atoms with E-state index in [0.29, 0.717) is 11.5 Å². The van der Waals surface area contributed by atoms with Crippen LogP contribution < -0.4 is 5.32 Å². The van der Waals surface area contributed by atoms with Gasteiger partial charge in [0.2, 0.25) is 0 Å². The summed E-state index contributed by atoms with van der Waals surface area (Å²) in [6, 6.07) is 9.63. The van der Waals surface area contributed by atoms with E-state index in [4.69, 9.17) is 0 Å². The lowest BCUT2D eigenvalue weighted by atomic mass is 9.96. The van der Waals surface area contributed by atoms with E-state index < -0.39 is 9.84 Å². The molecule has 0 amide bonds. The van der Waals surface area contributed by atoms with Gasteiger partial charge in [-0.1, -0.05) is 30.3 Å². The third kappa shape index (κ3) is 3.18. The SMILES string of the molecule is CS(=O)(=O)c1cnc(-c2ccccc2)nc1[C@H]1CCCNC1. The Morgan fingerprint density at radius 3 is 2.64 bits per heavy atom. The summed E-state index contributed by atoms with van der Waals surface area (Å²) in [4.78, 5) is 9.11. The molecule has 116 valence electrons. The van der Waals surface area contributed by atoms with Crippen molar-refractivity contribution in [3.8, 4) is 11.4 Å². The van der Waals surface area contributed by atoms with Crippen molar-refractivity contribution >= 4 is 9.84 Å². The van der Waals surface area contributed by atoms with Crippen LogP contribution in [0.4, 0.5) is 0 Å². The largest absolute Gasteiger partial charge is 0.316 e. The first kappa shape index (κ1) is 15.1. The Bertz CT molecular complexity index is 754. The molecule has 3 rings (SSSR count). The summed E-state index contributed by atoms with van der Waals surface area (Å²) in [5.41, 5.74) is 1.54. The predicted molar refractivity (Wildman–Crippen MR) is 85.4 cm³/mol. The Balaban J connectivity index is 2.10. The van der Waals surface area contributed by atoms with Crippen molar-refractivity contribution in [2.75, 3.05) is 19.3 Å². The molecule has 1 aliphatic rings. The molecule has 0 bridgehead atoms. The normalized spacial score (nSPS) is 19.0. The monoisotopic (exact) mass is 317 g/mol. The van der Waals surface area contributed by atoms with E-state index in [0.717, 1.165) is 31.5 Å². The second kappa shape index (κ2) is 6.14. The van der Waals surface area contributed by atoms with Crippen LogP contribution in [0.5, 0.6) is 0 Å². The number of sulfone groups is 1. The number of rotatable bonds is 3. The molecule has 0 unspecified atom stereocenters. The molecule has 1 fully saturated rings. The van der Waals surface area contributed by atoms with E-state index in [1.807, 2.05) is 30.3 Å². The Morgan fingerprint density at radius 1 is 1.23 bits per heavy atom. The highest BCUT2D eigenvalue weighted by Crippen LogP contribution is 2.28. The summed E-state index contributed by atoms with van der Waals surface area (Å²) in [5, 5.41) is 3.32. The van der Waals surface area contributed by atoms with Crippen molar-refractivity contribution in [2.24, 2.45) is 0 Å². The van der Waals surface area contributed by atoms with Crippen molar-refractivity contribution in [3.05, 3.63) is 42.2 Å². The maximum atomic E-state index is 12.0. The Hall–Kier alpha value is -1.79. The van der Waals surface area contributed by atoms with E-state index in [1.165, 1.54) is 12.5 Å². The third-order valence-electron chi connectivity index (χ3n) is 3.90. The van der Waals surface area contributed by atoms with Crippen molar-refractivity contribution < 1.29 is 8.42 Å². The highest BCUT2D eigenvalue weighted by atomic mass is 32.2. The summed E-state index contributed by atoms with van der Waals surface area (Å²) < 4.78 is 24.1. The minimum absolute atomic E-state index is 0.115. The van der Waals surface area contributed by atoms with Gasteiger partial charge >= 0.3 is 0 Å². The van der Waals surface area contributed by atoms with Crippen molar-refractivity contribution in [1.82, 2.24) is 15.3 Å². The molecule has 1 aliphatic heterocycles. The van der Waals surface area contributed by atoms with Gasteiger partial charge in [0.1, 0.15) is 4.90 Å². The molecule has 0 aliphatic carbocycles. The second-order valence-electron chi connectivity index (χ2n) is 5.62. The lowest BCUT2D eigenvalue weighted by Gasteiger charge is -2.24. The van der Waals surface area contributed by atoms with Crippen LogP contribution in [-0.4, -0.2) is 37.7 Å². The molecule has 2 heterocycles. The summed E-state index contributed by atoms with van der Waals surface area (Å²) in [6.07, 6.45) is 4.64. The van der Waals surface area contributed by atoms with Gasteiger partial charge in [-0.3, -0.25) is 0 Å². The fourth-order valence-electron chi connectivity index (χ4n) is 2.77. The molecular formula is C16H19N3O2S. The number of nitrogens with zero attached hydrogens (tertiary/aromatic N) is 2. The van der Waals surface area contributed by atoms with E-state index in [-0.39, 0.29) is 10.8 Å². The smallest absolute Gasteiger partial charge is 0.178 e. The second-order valence-corrected chi connectivity index (χ2v) is 7.61. The highest BCUT2D eigenvalue weighted by Gasteiger charge is 2.25. The molecule has 1 atom stereocenters. The van der Waals surface area contributed by atoms with Crippen LogP contribution in [0.2, 0.25) is 0 Å². The standard InChI is InChI=1S/C16H19N3O2S/c1-22(20,21)14-11-18-16(12-6-3-2-4-7-12)19-15(14)13-8-5-9-17-10-13/h2-4,6-7,11,13,17H,5,8-10H2,1H3/t13-/m0/s1. The number of piperidine rings is 1. The zero-order chi connectivity index (χ0) is 15.6. The number of nitrogens with one attached hydrogen (secondary N) is 1. The summed E-state index contributed by atoms with van der Waals surface area (Å²) in [5.74, 6) is 0.692. The average Bonchev–Trinajstić information content (AvgIpc) is 2.55.